The molecule has 3 rings (SSSR count). The van der Waals surface area contributed by atoms with Crippen molar-refractivity contribution < 1.29 is 9.90 Å². The third kappa shape index (κ3) is 2.24. The summed E-state index contributed by atoms with van der Waals surface area (Å²) >= 11 is 6.38. The average molecular weight is 293 g/mol. The Morgan fingerprint density at radius 1 is 1.30 bits per heavy atom. The van der Waals surface area contributed by atoms with E-state index < -0.39 is 5.97 Å². The lowest BCUT2D eigenvalue weighted by Crippen LogP contribution is -2.42. The molecule has 0 bridgehead atoms. The lowest BCUT2D eigenvalue weighted by Gasteiger charge is -2.48. The van der Waals surface area contributed by atoms with Gasteiger partial charge in [0.05, 0.1) is 0 Å². The fourth-order valence-corrected chi connectivity index (χ4v) is 4.73. The molecule has 1 atom stereocenters. The van der Waals surface area contributed by atoms with Crippen molar-refractivity contribution >= 4 is 17.6 Å². The molecule has 0 amide bonds. The third-order valence-electron chi connectivity index (χ3n) is 5.35. The summed E-state index contributed by atoms with van der Waals surface area (Å²) in [6.45, 7) is 0. The number of hydrogen-bond acceptors (Lipinski definition) is 1. The zero-order valence-electron chi connectivity index (χ0n) is 11.7. The van der Waals surface area contributed by atoms with Crippen LogP contribution in [0.25, 0.3) is 0 Å². The first kappa shape index (κ1) is 13.9. The van der Waals surface area contributed by atoms with Crippen LogP contribution in [-0.2, 0) is 16.6 Å². The molecule has 2 nitrogen and oxygen atoms in total. The van der Waals surface area contributed by atoms with Crippen molar-refractivity contribution in [2.24, 2.45) is 5.92 Å². The molecule has 1 N–H and O–H groups in total. The molecule has 1 aromatic rings. The molecular formula is C17H21ClO2. The number of benzene rings is 1. The summed E-state index contributed by atoms with van der Waals surface area (Å²) < 4.78 is 0. The number of carbonyl (C=O) groups is 1. The van der Waals surface area contributed by atoms with Crippen molar-refractivity contribution in [2.75, 3.05) is 0 Å². The minimum absolute atomic E-state index is 0.0646. The van der Waals surface area contributed by atoms with E-state index in [2.05, 4.69) is 6.07 Å². The van der Waals surface area contributed by atoms with E-state index in [1.54, 1.807) is 0 Å². The van der Waals surface area contributed by atoms with Crippen LogP contribution in [0.3, 0.4) is 0 Å². The SMILES string of the molecule is O=C(O)CC1CCc2c(Cl)cccc2C12CCCCC2. The Morgan fingerprint density at radius 2 is 2.05 bits per heavy atom. The van der Waals surface area contributed by atoms with Crippen LogP contribution in [0.5, 0.6) is 0 Å². The van der Waals surface area contributed by atoms with Crippen molar-refractivity contribution in [3.63, 3.8) is 0 Å². The predicted octanol–water partition coefficient (Wildman–Crippen LogP) is 4.58. The normalized spacial score (nSPS) is 24.4. The zero-order valence-corrected chi connectivity index (χ0v) is 12.5. The van der Waals surface area contributed by atoms with Crippen LogP contribution in [-0.4, -0.2) is 11.1 Å². The maximum Gasteiger partial charge on any atom is 0.303 e. The van der Waals surface area contributed by atoms with Crippen LogP contribution in [0.15, 0.2) is 18.2 Å². The zero-order chi connectivity index (χ0) is 14.2. The minimum atomic E-state index is -0.662. The van der Waals surface area contributed by atoms with Crippen LogP contribution in [0.4, 0.5) is 0 Å². The number of fused-ring (bicyclic) bond motifs is 2. The lowest BCUT2D eigenvalue weighted by atomic mass is 9.56. The largest absolute Gasteiger partial charge is 0.481 e. The van der Waals surface area contributed by atoms with Gasteiger partial charge in [-0.2, -0.15) is 0 Å². The van der Waals surface area contributed by atoms with Gasteiger partial charge in [0.15, 0.2) is 0 Å². The first-order valence-corrected chi connectivity index (χ1v) is 8.01. The van der Waals surface area contributed by atoms with Crippen molar-refractivity contribution in [1.29, 1.82) is 0 Å². The summed E-state index contributed by atoms with van der Waals surface area (Å²) in [5.74, 6) is -0.392. The molecule has 0 radical (unpaired) electrons. The van der Waals surface area contributed by atoms with E-state index in [1.165, 1.54) is 30.4 Å². The van der Waals surface area contributed by atoms with Gasteiger partial charge in [-0.1, -0.05) is 43.0 Å². The van der Waals surface area contributed by atoms with E-state index >= 15 is 0 Å². The second-order valence-corrected chi connectivity index (χ2v) is 6.72. The number of carboxylic acids is 1. The molecule has 3 heteroatoms. The molecular weight excluding hydrogens is 272 g/mol. The smallest absolute Gasteiger partial charge is 0.303 e. The molecule has 1 unspecified atom stereocenters. The van der Waals surface area contributed by atoms with E-state index in [0.717, 1.165) is 30.7 Å². The van der Waals surface area contributed by atoms with Gasteiger partial charge in [-0.25, -0.2) is 0 Å². The van der Waals surface area contributed by atoms with Crippen LogP contribution < -0.4 is 0 Å². The van der Waals surface area contributed by atoms with Gasteiger partial charge in [0, 0.05) is 11.4 Å². The summed E-state index contributed by atoms with van der Waals surface area (Å²) in [5.41, 5.74) is 2.69. The average Bonchev–Trinajstić information content (AvgIpc) is 2.44. The van der Waals surface area contributed by atoms with Gasteiger partial charge in [0.1, 0.15) is 0 Å². The second kappa shape index (κ2) is 5.40. The van der Waals surface area contributed by atoms with Gasteiger partial charge in [-0.3, -0.25) is 4.79 Å². The summed E-state index contributed by atoms with van der Waals surface area (Å²) in [5, 5.41) is 10.1. The summed E-state index contributed by atoms with van der Waals surface area (Å²) in [7, 11) is 0. The van der Waals surface area contributed by atoms with Gasteiger partial charge in [0.25, 0.3) is 0 Å². The van der Waals surface area contributed by atoms with E-state index in [1.807, 2.05) is 12.1 Å². The standard InChI is InChI=1S/C17H21ClO2/c18-15-6-4-5-14-13(15)8-7-12(11-16(19)20)17(14)9-2-1-3-10-17/h4-6,12H,1-3,7-11H2,(H,19,20). The van der Waals surface area contributed by atoms with Gasteiger partial charge < -0.3 is 5.11 Å². The van der Waals surface area contributed by atoms with Crippen molar-refractivity contribution in [1.82, 2.24) is 0 Å². The van der Waals surface area contributed by atoms with Gasteiger partial charge >= 0.3 is 5.97 Å². The Balaban J connectivity index is 2.07. The number of rotatable bonds is 2. The molecule has 108 valence electrons. The number of hydrogen-bond donors (Lipinski definition) is 1. The molecule has 0 saturated heterocycles. The molecule has 1 spiro atoms. The summed E-state index contributed by atoms with van der Waals surface area (Å²) in [6, 6.07) is 6.19. The number of carboxylic acid groups (broad SMARTS) is 1. The number of halogens is 1. The first-order chi connectivity index (χ1) is 9.63. The predicted molar refractivity (Wildman–Crippen MR) is 80.3 cm³/mol. The van der Waals surface area contributed by atoms with Gasteiger partial charge in [0.2, 0.25) is 0 Å². The maximum atomic E-state index is 11.2. The van der Waals surface area contributed by atoms with Crippen molar-refractivity contribution in [3.05, 3.63) is 34.3 Å². The Morgan fingerprint density at radius 3 is 2.75 bits per heavy atom. The van der Waals surface area contributed by atoms with Gasteiger partial charge in [-0.05, 0) is 54.2 Å². The molecule has 0 aromatic heterocycles. The van der Waals surface area contributed by atoms with Crippen LogP contribution >= 0.6 is 11.6 Å². The molecule has 0 aliphatic heterocycles. The second-order valence-electron chi connectivity index (χ2n) is 6.32. The fraction of sp³-hybridized carbons (Fsp3) is 0.588. The highest BCUT2D eigenvalue weighted by Crippen LogP contribution is 2.52. The quantitative estimate of drug-likeness (QED) is 0.866. The Kier molecular flexibility index (Phi) is 3.76. The van der Waals surface area contributed by atoms with Gasteiger partial charge in [-0.15, -0.1) is 0 Å². The third-order valence-corrected chi connectivity index (χ3v) is 5.70. The lowest BCUT2D eigenvalue weighted by molar-refractivity contribution is -0.139. The molecule has 1 fully saturated rings. The van der Waals surface area contributed by atoms with E-state index in [-0.39, 0.29) is 11.3 Å². The molecule has 1 aromatic carbocycles. The molecule has 2 aliphatic rings. The first-order valence-electron chi connectivity index (χ1n) is 7.63. The summed E-state index contributed by atoms with van der Waals surface area (Å²) in [6.07, 6.45) is 8.13. The highest BCUT2D eigenvalue weighted by molar-refractivity contribution is 6.31. The van der Waals surface area contributed by atoms with E-state index in [0.29, 0.717) is 6.42 Å². The van der Waals surface area contributed by atoms with Crippen LogP contribution in [0, 0.1) is 5.92 Å². The fourth-order valence-electron chi connectivity index (χ4n) is 4.46. The van der Waals surface area contributed by atoms with Crippen LogP contribution in [0.2, 0.25) is 5.02 Å². The minimum Gasteiger partial charge on any atom is -0.481 e. The van der Waals surface area contributed by atoms with E-state index in [4.69, 9.17) is 11.6 Å². The molecule has 1 saturated carbocycles. The topological polar surface area (TPSA) is 37.3 Å². The van der Waals surface area contributed by atoms with E-state index in [9.17, 15) is 9.90 Å². The molecule has 2 aliphatic carbocycles. The molecule has 20 heavy (non-hydrogen) atoms. The number of aliphatic carboxylic acids is 1. The maximum absolute atomic E-state index is 11.2. The Hall–Kier alpha value is -1.02. The highest BCUT2D eigenvalue weighted by Gasteiger charge is 2.45. The Labute approximate surface area is 125 Å². The van der Waals surface area contributed by atoms with Crippen molar-refractivity contribution in [3.8, 4) is 0 Å². The van der Waals surface area contributed by atoms with Crippen LogP contribution in [0.1, 0.15) is 56.1 Å². The summed E-state index contributed by atoms with van der Waals surface area (Å²) in [4.78, 5) is 11.2. The monoisotopic (exact) mass is 292 g/mol. The van der Waals surface area contributed by atoms with Crippen molar-refractivity contribution in [2.45, 2.75) is 56.8 Å². The Bertz CT molecular complexity index is 518. The highest BCUT2D eigenvalue weighted by atomic mass is 35.5. The molecule has 0 heterocycles.